The van der Waals surface area contributed by atoms with Crippen molar-refractivity contribution in [2.45, 2.75) is 26.4 Å². The van der Waals surface area contributed by atoms with Crippen LogP contribution in [-0.2, 0) is 19.5 Å². The molecule has 1 aliphatic heterocycles. The van der Waals surface area contributed by atoms with Crippen LogP contribution in [0, 0.1) is 6.92 Å². The second-order valence-electron chi connectivity index (χ2n) is 6.35. The topological polar surface area (TPSA) is 34.0 Å². The fourth-order valence-corrected chi connectivity index (χ4v) is 3.41. The summed E-state index contributed by atoms with van der Waals surface area (Å²) in [5.74, 6) is 0. The molecule has 0 amide bonds. The van der Waals surface area contributed by atoms with Crippen molar-refractivity contribution >= 4 is 17.3 Å². The van der Waals surface area contributed by atoms with Crippen molar-refractivity contribution in [1.29, 1.82) is 0 Å². The molecule has 0 N–H and O–H groups in total. The van der Waals surface area contributed by atoms with Gasteiger partial charge >= 0.3 is 0 Å². The lowest BCUT2D eigenvalue weighted by Crippen LogP contribution is -2.30. The predicted molar refractivity (Wildman–Crippen MR) is 96.5 cm³/mol. The molecule has 0 fully saturated rings. The minimum atomic E-state index is 0.745. The zero-order valence-electron chi connectivity index (χ0n) is 13.6. The van der Waals surface area contributed by atoms with Crippen LogP contribution in [0.15, 0.2) is 49.1 Å². The lowest BCUT2D eigenvalue weighted by molar-refractivity contribution is 0.681. The number of benzene rings is 1. The number of halogens is 1. The van der Waals surface area contributed by atoms with E-state index in [0.717, 1.165) is 42.3 Å². The van der Waals surface area contributed by atoms with Gasteiger partial charge in [-0.3, -0.25) is 9.67 Å². The van der Waals surface area contributed by atoms with Crippen molar-refractivity contribution in [2.24, 2.45) is 0 Å². The Morgan fingerprint density at radius 2 is 2.04 bits per heavy atom. The van der Waals surface area contributed by atoms with Gasteiger partial charge in [-0.25, -0.2) is 0 Å². The smallest absolute Gasteiger partial charge is 0.0675 e. The van der Waals surface area contributed by atoms with Crippen molar-refractivity contribution in [3.05, 3.63) is 76.3 Å². The number of aromatic nitrogens is 3. The Labute approximate surface area is 146 Å². The predicted octanol–water partition coefficient (Wildman–Crippen LogP) is 3.85. The van der Waals surface area contributed by atoms with Gasteiger partial charge in [0.05, 0.1) is 24.6 Å². The van der Waals surface area contributed by atoms with E-state index in [1.54, 1.807) is 0 Å². The number of nitrogens with zero attached hydrogens (tertiary/aromatic N) is 4. The summed E-state index contributed by atoms with van der Waals surface area (Å²) in [5, 5.41) is 5.17. The van der Waals surface area contributed by atoms with E-state index in [4.69, 9.17) is 11.6 Å². The van der Waals surface area contributed by atoms with Crippen LogP contribution in [0.1, 0.15) is 22.3 Å². The molecule has 1 aliphatic rings. The molecule has 0 bridgehead atoms. The van der Waals surface area contributed by atoms with Crippen LogP contribution in [0.25, 0.3) is 0 Å². The molecule has 0 saturated heterocycles. The molecule has 5 heteroatoms. The molecule has 0 spiro atoms. The minimum absolute atomic E-state index is 0.745. The molecule has 4 nitrogen and oxygen atoms in total. The van der Waals surface area contributed by atoms with Gasteiger partial charge < -0.3 is 4.90 Å². The van der Waals surface area contributed by atoms with Gasteiger partial charge in [0, 0.05) is 30.5 Å². The van der Waals surface area contributed by atoms with Gasteiger partial charge in [-0.1, -0.05) is 17.7 Å². The maximum absolute atomic E-state index is 6.10. The van der Waals surface area contributed by atoms with Gasteiger partial charge in [-0.2, -0.15) is 5.10 Å². The van der Waals surface area contributed by atoms with Crippen LogP contribution in [0.4, 0.5) is 5.69 Å². The van der Waals surface area contributed by atoms with Gasteiger partial charge in [-0.05, 0) is 53.8 Å². The Bertz CT molecular complexity index is 871. The fourth-order valence-electron chi connectivity index (χ4n) is 3.22. The van der Waals surface area contributed by atoms with E-state index >= 15 is 0 Å². The van der Waals surface area contributed by atoms with Crippen LogP contribution in [0.3, 0.4) is 0 Å². The van der Waals surface area contributed by atoms with Gasteiger partial charge in [0.15, 0.2) is 0 Å². The number of anilines is 1. The average Bonchev–Trinajstić information content (AvgIpc) is 2.99. The molecule has 0 unspecified atom stereocenters. The Morgan fingerprint density at radius 1 is 1.12 bits per heavy atom. The summed E-state index contributed by atoms with van der Waals surface area (Å²) < 4.78 is 1.95. The molecule has 4 rings (SSSR count). The van der Waals surface area contributed by atoms with Gasteiger partial charge in [0.25, 0.3) is 0 Å². The summed E-state index contributed by atoms with van der Waals surface area (Å²) in [6.07, 6.45) is 8.80. The summed E-state index contributed by atoms with van der Waals surface area (Å²) >= 11 is 6.10. The molecule has 122 valence electrons. The summed E-state index contributed by atoms with van der Waals surface area (Å²) in [5.41, 5.74) is 6.20. The van der Waals surface area contributed by atoms with Crippen molar-refractivity contribution < 1.29 is 0 Å². The molecule has 0 atom stereocenters. The largest absolute Gasteiger partial charge is 0.366 e. The third-order valence-electron chi connectivity index (χ3n) is 4.43. The number of aryl methyl sites for hydroxylation is 1. The van der Waals surface area contributed by atoms with E-state index in [2.05, 4.69) is 40.1 Å². The second kappa shape index (κ2) is 6.29. The molecule has 2 aromatic heterocycles. The number of fused-ring (bicyclic) bond motifs is 1. The minimum Gasteiger partial charge on any atom is -0.366 e. The van der Waals surface area contributed by atoms with Crippen molar-refractivity contribution in [2.75, 3.05) is 11.4 Å². The first-order valence-electron chi connectivity index (χ1n) is 8.12. The summed E-state index contributed by atoms with van der Waals surface area (Å²) in [6, 6.07) is 8.40. The summed E-state index contributed by atoms with van der Waals surface area (Å²) in [4.78, 5) is 6.81. The SMILES string of the molecule is Cc1cnn(Cc2cncc(N3CCc4cc(Cl)ccc4C3)c2)c1. The first kappa shape index (κ1) is 15.2. The van der Waals surface area contributed by atoms with Crippen LogP contribution < -0.4 is 4.90 Å². The van der Waals surface area contributed by atoms with Gasteiger partial charge in [0.2, 0.25) is 0 Å². The number of pyridine rings is 1. The van der Waals surface area contributed by atoms with E-state index in [9.17, 15) is 0 Å². The van der Waals surface area contributed by atoms with Crippen LogP contribution in [0.2, 0.25) is 5.02 Å². The standard InChI is InChI=1S/C19H19ClN4/c1-14-8-22-24(11-14)12-15-6-19(10-21-9-15)23-5-4-16-7-18(20)3-2-17(16)13-23/h2-3,6-11H,4-5,12-13H2,1H3. The van der Waals surface area contributed by atoms with Crippen LogP contribution in [0.5, 0.6) is 0 Å². The quantitative estimate of drug-likeness (QED) is 0.727. The van der Waals surface area contributed by atoms with Gasteiger partial charge in [0.1, 0.15) is 0 Å². The highest BCUT2D eigenvalue weighted by molar-refractivity contribution is 6.30. The maximum atomic E-state index is 6.10. The van der Waals surface area contributed by atoms with Crippen LogP contribution >= 0.6 is 11.6 Å². The number of rotatable bonds is 3. The number of hydrogen-bond acceptors (Lipinski definition) is 3. The fraction of sp³-hybridized carbons (Fsp3) is 0.263. The third-order valence-corrected chi connectivity index (χ3v) is 4.67. The molecule has 3 heterocycles. The van der Waals surface area contributed by atoms with E-state index in [1.807, 2.05) is 35.5 Å². The Balaban J connectivity index is 1.54. The van der Waals surface area contributed by atoms with Crippen molar-refractivity contribution in [3.8, 4) is 0 Å². The zero-order chi connectivity index (χ0) is 16.5. The normalized spacial score (nSPS) is 13.8. The number of hydrogen-bond donors (Lipinski definition) is 0. The summed E-state index contributed by atoms with van der Waals surface area (Å²) in [7, 11) is 0. The Kier molecular flexibility index (Phi) is 3.98. The van der Waals surface area contributed by atoms with E-state index in [0.29, 0.717) is 0 Å². The average molecular weight is 339 g/mol. The maximum Gasteiger partial charge on any atom is 0.0675 e. The highest BCUT2D eigenvalue weighted by Gasteiger charge is 2.17. The lowest BCUT2D eigenvalue weighted by atomic mass is 9.99. The monoisotopic (exact) mass is 338 g/mol. The molecule has 3 aromatic rings. The first-order valence-corrected chi connectivity index (χ1v) is 8.50. The second-order valence-corrected chi connectivity index (χ2v) is 6.79. The van der Waals surface area contributed by atoms with Crippen molar-refractivity contribution in [3.63, 3.8) is 0 Å². The van der Waals surface area contributed by atoms with Crippen molar-refractivity contribution in [1.82, 2.24) is 14.8 Å². The molecular weight excluding hydrogens is 320 g/mol. The van der Waals surface area contributed by atoms with Gasteiger partial charge in [-0.15, -0.1) is 0 Å². The van der Waals surface area contributed by atoms with E-state index in [1.165, 1.54) is 16.7 Å². The molecule has 1 aromatic carbocycles. The third kappa shape index (κ3) is 3.15. The van der Waals surface area contributed by atoms with E-state index in [-0.39, 0.29) is 0 Å². The zero-order valence-corrected chi connectivity index (χ0v) is 14.4. The molecular formula is C19H19ClN4. The molecule has 0 saturated carbocycles. The van der Waals surface area contributed by atoms with E-state index < -0.39 is 0 Å². The highest BCUT2D eigenvalue weighted by atomic mass is 35.5. The molecule has 0 radical (unpaired) electrons. The Morgan fingerprint density at radius 3 is 2.88 bits per heavy atom. The summed E-state index contributed by atoms with van der Waals surface area (Å²) in [6.45, 7) is 4.68. The lowest BCUT2D eigenvalue weighted by Gasteiger charge is -2.30. The van der Waals surface area contributed by atoms with Crippen LogP contribution in [-0.4, -0.2) is 21.3 Å². The molecule has 0 aliphatic carbocycles. The molecule has 24 heavy (non-hydrogen) atoms. The first-order chi connectivity index (χ1) is 11.7. The Hall–Kier alpha value is -2.33. The highest BCUT2D eigenvalue weighted by Crippen LogP contribution is 2.26.